The van der Waals surface area contributed by atoms with Crippen LogP contribution in [0.1, 0.15) is 33.6 Å². The Morgan fingerprint density at radius 2 is 2.15 bits per heavy atom. The highest BCUT2D eigenvalue weighted by Crippen LogP contribution is 1.88. The summed E-state index contributed by atoms with van der Waals surface area (Å²) in [4.78, 5) is 11.2. The van der Waals surface area contributed by atoms with E-state index >= 15 is 0 Å². The summed E-state index contributed by atoms with van der Waals surface area (Å²) in [5.74, 6) is 0.0633. The number of rotatable bonds is 6. The van der Waals surface area contributed by atoms with Gasteiger partial charge >= 0.3 is 0 Å². The summed E-state index contributed by atoms with van der Waals surface area (Å²) in [7, 11) is 0. The van der Waals surface area contributed by atoms with Gasteiger partial charge in [-0.2, -0.15) is 0 Å². The van der Waals surface area contributed by atoms with Gasteiger partial charge in [-0.1, -0.05) is 26.0 Å². The molecule has 0 spiro atoms. The van der Waals surface area contributed by atoms with Crippen LogP contribution in [-0.2, 0) is 4.79 Å². The van der Waals surface area contributed by atoms with Crippen molar-refractivity contribution in [2.24, 2.45) is 0 Å². The number of nitrogens with one attached hydrogen (secondary N) is 1. The van der Waals surface area contributed by atoms with Crippen LogP contribution in [0.3, 0.4) is 0 Å². The molecule has 3 nitrogen and oxygen atoms in total. The summed E-state index contributed by atoms with van der Waals surface area (Å²) in [6, 6.07) is 0. The Morgan fingerprint density at radius 1 is 1.46 bits per heavy atom. The highest BCUT2D eigenvalue weighted by atomic mass is 16.2. The van der Waals surface area contributed by atoms with Gasteiger partial charge in [0.1, 0.15) is 0 Å². The van der Waals surface area contributed by atoms with Gasteiger partial charge in [0, 0.05) is 19.5 Å². The third-order valence-electron chi connectivity index (χ3n) is 1.70. The molecule has 0 aliphatic heterocycles. The zero-order valence-electron chi connectivity index (χ0n) is 8.84. The van der Waals surface area contributed by atoms with Crippen LogP contribution < -0.4 is 5.43 Å². The van der Waals surface area contributed by atoms with Crippen molar-refractivity contribution in [3.63, 3.8) is 0 Å². The quantitative estimate of drug-likeness (QED) is 0.503. The monoisotopic (exact) mass is 184 g/mol. The van der Waals surface area contributed by atoms with Gasteiger partial charge in [-0.05, 0) is 13.3 Å². The molecule has 13 heavy (non-hydrogen) atoms. The average molecular weight is 184 g/mol. The standard InChI is InChI=1S/C10H20N2O/c1-4-7-8-10(13)11-12(6-3)9-5-2/h4,7H,5-6,8-9H2,1-3H3,(H,11,13)/b7-4-. The van der Waals surface area contributed by atoms with Gasteiger partial charge in [0.15, 0.2) is 0 Å². The van der Waals surface area contributed by atoms with Gasteiger partial charge in [-0.15, -0.1) is 0 Å². The molecule has 76 valence electrons. The maximum Gasteiger partial charge on any atom is 0.238 e. The summed E-state index contributed by atoms with van der Waals surface area (Å²) in [5, 5.41) is 1.94. The van der Waals surface area contributed by atoms with Gasteiger partial charge in [0.2, 0.25) is 5.91 Å². The molecule has 1 N–H and O–H groups in total. The molecule has 0 unspecified atom stereocenters. The summed E-state index contributed by atoms with van der Waals surface area (Å²) >= 11 is 0. The second-order valence-corrected chi connectivity index (χ2v) is 2.89. The predicted molar refractivity (Wildman–Crippen MR) is 55.1 cm³/mol. The average Bonchev–Trinajstić information content (AvgIpc) is 2.14. The minimum absolute atomic E-state index is 0.0633. The van der Waals surface area contributed by atoms with Crippen LogP contribution in [-0.4, -0.2) is 24.0 Å². The molecule has 0 heterocycles. The first kappa shape index (κ1) is 12.2. The summed E-state index contributed by atoms with van der Waals surface area (Å²) in [6.07, 6.45) is 5.26. The lowest BCUT2D eigenvalue weighted by atomic mass is 10.4. The number of allylic oxidation sites excluding steroid dienone is 1. The fourth-order valence-corrected chi connectivity index (χ4v) is 1.01. The molecule has 0 aromatic heterocycles. The molecule has 0 aliphatic carbocycles. The maximum absolute atomic E-state index is 11.2. The third-order valence-corrected chi connectivity index (χ3v) is 1.70. The number of nitrogens with zero attached hydrogens (tertiary/aromatic N) is 1. The van der Waals surface area contributed by atoms with Gasteiger partial charge < -0.3 is 0 Å². The van der Waals surface area contributed by atoms with Gasteiger partial charge in [-0.3, -0.25) is 10.2 Å². The normalized spacial score (nSPS) is 11.1. The van der Waals surface area contributed by atoms with Crippen LogP contribution in [0.25, 0.3) is 0 Å². The second-order valence-electron chi connectivity index (χ2n) is 2.89. The number of carbonyl (C=O) groups is 1. The van der Waals surface area contributed by atoms with E-state index < -0.39 is 0 Å². The molecule has 0 saturated carbocycles. The van der Waals surface area contributed by atoms with Crippen molar-refractivity contribution < 1.29 is 4.79 Å². The summed E-state index contributed by atoms with van der Waals surface area (Å²) in [5.41, 5.74) is 2.85. The first-order valence-electron chi connectivity index (χ1n) is 4.90. The molecular weight excluding hydrogens is 164 g/mol. The highest BCUT2D eigenvalue weighted by molar-refractivity contribution is 5.76. The fourth-order valence-electron chi connectivity index (χ4n) is 1.01. The first-order valence-corrected chi connectivity index (χ1v) is 4.90. The van der Waals surface area contributed by atoms with E-state index in [0.717, 1.165) is 19.5 Å². The minimum Gasteiger partial charge on any atom is -0.289 e. The van der Waals surface area contributed by atoms with Crippen molar-refractivity contribution in [3.8, 4) is 0 Å². The Balaban J connectivity index is 3.72. The largest absolute Gasteiger partial charge is 0.289 e. The molecule has 0 radical (unpaired) electrons. The Kier molecular flexibility index (Phi) is 7.30. The molecule has 1 amide bonds. The zero-order chi connectivity index (χ0) is 10.1. The van der Waals surface area contributed by atoms with E-state index in [2.05, 4.69) is 12.3 Å². The van der Waals surface area contributed by atoms with Crippen molar-refractivity contribution >= 4 is 5.91 Å². The molecule has 0 saturated heterocycles. The highest BCUT2D eigenvalue weighted by Gasteiger charge is 2.03. The number of hydrogen-bond acceptors (Lipinski definition) is 2. The van der Waals surface area contributed by atoms with E-state index in [1.165, 1.54) is 0 Å². The van der Waals surface area contributed by atoms with E-state index in [0.29, 0.717) is 6.42 Å². The SMILES string of the molecule is C/C=C\CC(=O)NN(CC)CCC. The lowest BCUT2D eigenvalue weighted by Crippen LogP contribution is -2.42. The Morgan fingerprint density at radius 3 is 2.62 bits per heavy atom. The summed E-state index contributed by atoms with van der Waals surface area (Å²) < 4.78 is 0. The van der Waals surface area contributed by atoms with Crippen molar-refractivity contribution in [1.29, 1.82) is 0 Å². The third kappa shape index (κ3) is 6.34. The molecule has 0 aromatic rings. The number of carbonyl (C=O) groups excluding carboxylic acids is 1. The first-order chi connectivity index (χ1) is 6.24. The van der Waals surface area contributed by atoms with Crippen LogP contribution in [0, 0.1) is 0 Å². The lowest BCUT2D eigenvalue weighted by Gasteiger charge is -2.19. The lowest BCUT2D eigenvalue weighted by molar-refractivity contribution is -0.125. The van der Waals surface area contributed by atoms with Crippen LogP contribution in [0.2, 0.25) is 0 Å². The molecule has 0 atom stereocenters. The number of hydrazine groups is 1. The van der Waals surface area contributed by atoms with Crippen molar-refractivity contribution in [2.75, 3.05) is 13.1 Å². The fraction of sp³-hybridized carbons (Fsp3) is 0.700. The van der Waals surface area contributed by atoms with Crippen LogP contribution in [0.5, 0.6) is 0 Å². The van der Waals surface area contributed by atoms with Crippen molar-refractivity contribution in [1.82, 2.24) is 10.4 Å². The number of amides is 1. The predicted octanol–water partition coefficient (Wildman–Crippen LogP) is 1.72. The van der Waals surface area contributed by atoms with Crippen molar-refractivity contribution in [2.45, 2.75) is 33.6 Å². The molecule has 0 bridgehead atoms. The van der Waals surface area contributed by atoms with Crippen LogP contribution in [0.4, 0.5) is 0 Å². The Labute approximate surface area is 80.8 Å². The molecule has 0 rings (SSSR count). The number of hydrogen-bond donors (Lipinski definition) is 1. The van der Waals surface area contributed by atoms with E-state index in [-0.39, 0.29) is 5.91 Å². The second kappa shape index (κ2) is 7.80. The van der Waals surface area contributed by atoms with E-state index in [1.807, 2.05) is 31.0 Å². The van der Waals surface area contributed by atoms with Gasteiger partial charge in [0.25, 0.3) is 0 Å². The van der Waals surface area contributed by atoms with Gasteiger partial charge in [-0.25, -0.2) is 5.01 Å². The van der Waals surface area contributed by atoms with Crippen LogP contribution >= 0.6 is 0 Å². The summed E-state index contributed by atoms with van der Waals surface area (Å²) in [6.45, 7) is 7.82. The molecular formula is C10H20N2O. The topological polar surface area (TPSA) is 32.3 Å². The zero-order valence-corrected chi connectivity index (χ0v) is 8.84. The molecule has 0 fully saturated rings. The molecule has 0 aromatic carbocycles. The molecule has 0 aliphatic rings. The maximum atomic E-state index is 11.2. The van der Waals surface area contributed by atoms with E-state index in [1.54, 1.807) is 0 Å². The van der Waals surface area contributed by atoms with E-state index in [9.17, 15) is 4.79 Å². The Bertz CT molecular complexity index is 166. The van der Waals surface area contributed by atoms with Crippen LogP contribution in [0.15, 0.2) is 12.2 Å². The smallest absolute Gasteiger partial charge is 0.238 e. The van der Waals surface area contributed by atoms with Crippen molar-refractivity contribution in [3.05, 3.63) is 12.2 Å². The Hall–Kier alpha value is -0.830. The van der Waals surface area contributed by atoms with E-state index in [4.69, 9.17) is 0 Å². The van der Waals surface area contributed by atoms with Gasteiger partial charge in [0.05, 0.1) is 0 Å². The molecule has 3 heteroatoms. The minimum atomic E-state index is 0.0633.